The fourth-order valence-corrected chi connectivity index (χ4v) is 2.86. The highest BCUT2D eigenvalue weighted by molar-refractivity contribution is 6.30. The summed E-state index contributed by atoms with van der Waals surface area (Å²) in [6.07, 6.45) is -0.130. The van der Waals surface area contributed by atoms with Gasteiger partial charge in [-0.1, -0.05) is 41.9 Å². The van der Waals surface area contributed by atoms with Crippen LogP contribution in [0.15, 0.2) is 48.5 Å². The van der Waals surface area contributed by atoms with Gasteiger partial charge in [0.2, 0.25) is 5.91 Å². The number of carbonyl (C=O) groups excluding carboxylic acids is 1. The van der Waals surface area contributed by atoms with Gasteiger partial charge in [-0.15, -0.1) is 0 Å². The molecule has 1 heterocycles. The van der Waals surface area contributed by atoms with Crippen molar-refractivity contribution < 1.29 is 14.6 Å². The van der Waals surface area contributed by atoms with E-state index in [2.05, 4.69) is 5.32 Å². The second kappa shape index (κ2) is 7.02. The zero-order chi connectivity index (χ0) is 16.2. The molecule has 0 radical (unpaired) electrons. The first-order valence-electron chi connectivity index (χ1n) is 7.55. The second-order valence-corrected chi connectivity index (χ2v) is 6.07. The molecule has 4 nitrogen and oxygen atoms in total. The number of hydrogen-bond acceptors (Lipinski definition) is 3. The van der Waals surface area contributed by atoms with E-state index in [0.29, 0.717) is 18.1 Å². The molecule has 120 valence electrons. The lowest BCUT2D eigenvalue weighted by atomic mass is 9.96. The van der Waals surface area contributed by atoms with Crippen LogP contribution in [0.2, 0.25) is 5.02 Å². The molecule has 0 aromatic heterocycles. The summed E-state index contributed by atoms with van der Waals surface area (Å²) < 4.78 is 5.62. The lowest BCUT2D eigenvalue weighted by Gasteiger charge is -2.25. The number of fused-ring (bicyclic) bond motifs is 1. The molecule has 0 aliphatic carbocycles. The molecule has 0 bridgehead atoms. The van der Waals surface area contributed by atoms with Crippen LogP contribution in [-0.2, 0) is 11.2 Å². The third-order valence-corrected chi connectivity index (χ3v) is 4.19. The molecule has 2 aromatic rings. The number of rotatable bonds is 4. The van der Waals surface area contributed by atoms with E-state index in [4.69, 9.17) is 16.3 Å². The predicted molar refractivity (Wildman–Crippen MR) is 88.6 cm³/mol. The molecule has 0 saturated carbocycles. The van der Waals surface area contributed by atoms with E-state index in [1.165, 1.54) is 0 Å². The number of carbonyl (C=O) groups is 1. The molecule has 1 aliphatic heterocycles. The molecule has 1 amide bonds. The normalized spacial score (nSPS) is 17.7. The van der Waals surface area contributed by atoms with Crippen LogP contribution in [0.1, 0.15) is 17.2 Å². The quantitative estimate of drug-likeness (QED) is 0.905. The largest absolute Gasteiger partial charge is 0.492 e. The molecule has 0 fully saturated rings. The lowest BCUT2D eigenvalue weighted by Crippen LogP contribution is -2.39. The van der Waals surface area contributed by atoms with Crippen LogP contribution in [-0.4, -0.2) is 24.2 Å². The van der Waals surface area contributed by atoms with Crippen molar-refractivity contribution in [3.63, 3.8) is 0 Å². The maximum atomic E-state index is 12.3. The molecule has 5 heteroatoms. The Labute approximate surface area is 140 Å². The van der Waals surface area contributed by atoms with Gasteiger partial charge in [-0.3, -0.25) is 4.79 Å². The molecule has 2 atom stereocenters. The van der Waals surface area contributed by atoms with Crippen molar-refractivity contribution in [1.82, 2.24) is 5.32 Å². The van der Waals surface area contributed by atoms with Crippen molar-refractivity contribution in [2.24, 2.45) is 5.92 Å². The Balaban J connectivity index is 1.57. The maximum Gasteiger partial charge on any atom is 0.226 e. The highest BCUT2D eigenvalue weighted by Gasteiger charge is 2.26. The topological polar surface area (TPSA) is 58.6 Å². The van der Waals surface area contributed by atoms with Crippen LogP contribution in [0.5, 0.6) is 5.75 Å². The summed E-state index contributed by atoms with van der Waals surface area (Å²) in [6, 6.07) is 14.7. The van der Waals surface area contributed by atoms with E-state index in [-0.39, 0.29) is 18.4 Å². The van der Waals surface area contributed by atoms with E-state index in [9.17, 15) is 9.90 Å². The molecule has 23 heavy (non-hydrogen) atoms. The third-order valence-electron chi connectivity index (χ3n) is 3.95. The number of nitrogens with one attached hydrogen (secondary N) is 1. The zero-order valence-corrected chi connectivity index (χ0v) is 13.3. The Bertz CT molecular complexity index is 690. The number of amides is 1. The zero-order valence-electron chi connectivity index (χ0n) is 12.5. The number of halogens is 1. The Hall–Kier alpha value is -2.04. The summed E-state index contributed by atoms with van der Waals surface area (Å²) in [5.74, 6) is 0.386. The number of ether oxygens (including phenoxy) is 1. The van der Waals surface area contributed by atoms with Crippen LogP contribution in [0.4, 0.5) is 0 Å². The molecular weight excluding hydrogens is 314 g/mol. The van der Waals surface area contributed by atoms with Gasteiger partial charge in [-0.05, 0) is 35.7 Å². The van der Waals surface area contributed by atoms with Crippen molar-refractivity contribution in [1.29, 1.82) is 0 Å². The average Bonchev–Trinajstić information content (AvgIpc) is 2.59. The van der Waals surface area contributed by atoms with Crippen molar-refractivity contribution in [2.75, 3.05) is 13.2 Å². The highest BCUT2D eigenvalue weighted by atomic mass is 35.5. The molecule has 1 aliphatic rings. The van der Waals surface area contributed by atoms with E-state index in [1.54, 1.807) is 6.07 Å². The first kappa shape index (κ1) is 15.8. The molecule has 0 spiro atoms. The third kappa shape index (κ3) is 3.84. The number of hydrogen-bond donors (Lipinski definition) is 2. The Morgan fingerprint density at radius 2 is 2.09 bits per heavy atom. The van der Waals surface area contributed by atoms with Gasteiger partial charge in [0.25, 0.3) is 0 Å². The summed E-state index contributed by atoms with van der Waals surface area (Å²) in [7, 11) is 0. The van der Waals surface area contributed by atoms with Crippen LogP contribution < -0.4 is 10.1 Å². The number of benzene rings is 2. The molecule has 0 saturated heterocycles. The maximum absolute atomic E-state index is 12.3. The van der Waals surface area contributed by atoms with Crippen LogP contribution in [0.3, 0.4) is 0 Å². The smallest absolute Gasteiger partial charge is 0.226 e. The summed E-state index contributed by atoms with van der Waals surface area (Å²) in [5, 5.41) is 13.5. The van der Waals surface area contributed by atoms with Gasteiger partial charge < -0.3 is 15.2 Å². The Kier molecular flexibility index (Phi) is 4.84. The van der Waals surface area contributed by atoms with E-state index >= 15 is 0 Å². The van der Waals surface area contributed by atoms with Gasteiger partial charge >= 0.3 is 0 Å². The van der Waals surface area contributed by atoms with Gasteiger partial charge in [0, 0.05) is 11.6 Å². The van der Waals surface area contributed by atoms with Crippen molar-refractivity contribution >= 4 is 17.5 Å². The number of aliphatic hydroxyl groups excluding tert-OH is 1. The van der Waals surface area contributed by atoms with Crippen molar-refractivity contribution in [2.45, 2.75) is 12.5 Å². The first-order valence-corrected chi connectivity index (χ1v) is 7.93. The SMILES string of the molecule is O=C(NCC(O)c1ccccc1)C1COc2ccc(Cl)cc2C1. The summed E-state index contributed by atoms with van der Waals surface area (Å²) in [6.45, 7) is 0.518. The second-order valence-electron chi connectivity index (χ2n) is 5.64. The Morgan fingerprint density at radius 3 is 2.87 bits per heavy atom. The van der Waals surface area contributed by atoms with Crippen LogP contribution in [0.25, 0.3) is 0 Å². The summed E-state index contributed by atoms with van der Waals surface area (Å²) >= 11 is 5.99. The summed E-state index contributed by atoms with van der Waals surface area (Å²) in [4.78, 5) is 12.3. The van der Waals surface area contributed by atoms with E-state index in [0.717, 1.165) is 16.9 Å². The van der Waals surface area contributed by atoms with E-state index in [1.807, 2.05) is 42.5 Å². The van der Waals surface area contributed by atoms with Gasteiger partial charge in [-0.25, -0.2) is 0 Å². The minimum absolute atomic E-state index is 0.120. The van der Waals surface area contributed by atoms with Crippen molar-refractivity contribution in [3.8, 4) is 5.75 Å². The van der Waals surface area contributed by atoms with Crippen LogP contribution in [0, 0.1) is 5.92 Å². The van der Waals surface area contributed by atoms with E-state index < -0.39 is 6.10 Å². The summed E-state index contributed by atoms with van der Waals surface area (Å²) in [5.41, 5.74) is 1.72. The minimum Gasteiger partial charge on any atom is -0.492 e. The van der Waals surface area contributed by atoms with Gasteiger partial charge in [0.1, 0.15) is 12.4 Å². The first-order chi connectivity index (χ1) is 11.1. The minimum atomic E-state index is -0.716. The molecular formula is C18H18ClNO3. The molecule has 3 rings (SSSR count). The van der Waals surface area contributed by atoms with Crippen molar-refractivity contribution in [3.05, 3.63) is 64.7 Å². The standard InChI is InChI=1S/C18H18ClNO3/c19-15-6-7-17-13(9-15)8-14(11-23-17)18(22)20-10-16(21)12-4-2-1-3-5-12/h1-7,9,14,16,21H,8,10-11H2,(H,20,22). The molecule has 2 N–H and O–H groups in total. The van der Waals surface area contributed by atoms with Gasteiger partial charge in [0.15, 0.2) is 0 Å². The highest BCUT2D eigenvalue weighted by Crippen LogP contribution is 2.29. The van der Waals surface area contributed by atoms with Gasteiger partial charge in [-0.2, -0.15) is 0 Å². The molecule has 2 aromatic carbocycles. The van der Waals surface area contributed by atoms with Gasteiger partial charge in [0.05, 0.1) is 12.0 Å². The fourth-order valence-electron chi connectivity index (χ4n) is 2.67. The lowest BCUT2D eigenvalue weighted by molar-refractivity contribution is -0.126. The van der Waals surface area contributed by atoms with Crippen LogP contribution >= 0.6 is 11.6 Å². The predicted octanol–water partition coefficient (Wildman–Crippen LogP) is 2.74. The monoisotopic (exact) mass is 331 g/mol. The Morgan fingerprint density at radius 1 is 1.30 bits per heavy atom. The fraction of sp³-hybridized carbons (Fsp3) is 0.278. The number of aliphatic hydroxyl groups is 1. The molecule has 2 unspecified atom stereocenters. The average molecular weight is 332 g/mol.